The number of methoxy groups -OCH3 is 1. The minimum atomic E-state index is -3.50. The van der Waals surface area contributed by atoms with Gasteiger partial charge < -0.3 is 15.6 Å². The van der Waals surface area contributed by atoms with Gasteiger partial charge in [0, 0.05) is 0 Å². The number of sulfone groups is 1. The van der Waals surface area contributed by atoms with E-state index < -0.39 is 15.8 Å². The first-order valence-electron chi connectivity index (χ1n) is 4.77. The summed E-state index contributed by atoms with van der Waals surface area (Å²) in [6.07, 6.45) is 0. The van der Waals surface area contributed by atoms with Crippen molar-refractivity contribution >= 4 is 21.5 Å². The maximum Gasteiger partial charge on any atom is 0.339 e. The first-order valence-corrected chi connectivity index (χ1v) is 6.42. The van der Waals surface area contributed by atoms with Gasteiger partial charge in [0.05, 0.1) is 23.4 Å². The molecule has 94 valence electrons. The van der Waals surface area contributed by atoms with E-state index in [9.17, 15) is 13.2 Å². The second kappa shape index (κ2) is 4.62. The highest BCUT2D eigenvalue weighted by Gasteiger charge is 2.20. The number of carboxylic acid groups (broad SMARTS) is 1. The highest BCUT2D eigenvalue weighted by Crippen LogP contribution is 2.30. The van der Waals surface area contributed by atoms with E-state index in [1.54, 1.807) is 0 Å². The molecule has 0 aliphatic rings. The number of anilines is 1. The van der Waals surface area contributed by atoms with Gasteiger partial charge in [-0.1, -0.05) is 6.92 Å². The Hall–Kier alpha value is -1.76. The number of hydrogen-bond acceptors (Lipinski definition) is 5. The van der Waals surface area contributed by atoms with E-state index in [2.05, 4.69) is 0 Å². The van der Waals surface area contributed by atoms with Gasteiger partial charge in [0.2, 0.25) is 0 Å². The minimum Gasteiger partial charge on any atom is -0.494 e. The largest absolute Gasteiger partial charge is 0.494 e. The number of nitrogen functional groups attached to an aromatic ring is 1. The van der Waals surface area contributed by atoms with Crippen LogP contribution in [0.2, 0.25) is 0 Å². The SMILES string of the molecule is CCS(=O)(=O)c1cc(N)c(OC)c(C(=O)O)c1. The third-order valence-corrected chi connectivity index (χ3v) is 3.98. The number of ether oxygens (including phenoxy) is 1. The van der Waals surface area contributed by atoms with Crippen molar-refractivity contribution in [3.8, 4) is 5.75 Å². The first-order chi connectivity index (χ1) is 7.83. The normalized spacial score (nSPS) is 11.2. The Morgan fingerprint density at radius 3 is 2.47 bits per heavy atom. The average Bonchev–Trinajstić information content (AvgIpc) is 2.27. The van der Waals surface area contributed by atoms with E-state index in [-0.39, 0.29) is 27.6 Å². The zero-order chi connectivity index (χ0) is 13.2. The van der Waals surface area contributed by atoms with E-state index in [1.807, 2.05) is 0 Å². The smallest absolute Gasteiger partial charge is 0.339 e. The van der Waals surface area contributed by atoms with Gasteiger partial charge in [0.15, 0.2) is 15.6 Å². The Bertz CT molecular complexity index is 550. The summed E-state index contributed by atoms with van der Waals surface area (Å²) < 4.78 is 28.1. The molecule has 6 nitrogen and oxygen atoms in total. The van der Waals surface area contributed by atoms with Crippen LogP contribution in [0.4, 0.5) is 5.69 Å². The van der Waals surface area contributed by atoms with Crippen molar-refractivity contribution in [2.24, 2.45) is 0 Å². The van der Waals surface area contributed by atoms with Gasteiger partial charge in [-0.3, -0.25) is 0 Å². The second-order valence-electron chi connectivity index (χ2n) is 3.30. The van der Waals surface area contributed by atoms with Gasteiger partial charge in [-0.2, -0.15) is 0 Å². The van der Waals surface area contributed by atoms with Crippen molar-refractivity contribution in [1.82, 2.24) is 0 Å². The van der Waals surface area contributed by atoms with E-state index in [0.717, 1.165) is 6.07 Å². The lowest BCUT2D eigenvalue weighted by molar-refractivity contribution is 0.0693. The highest BCUT2D eigenvalue weighted by molar-refractivity contribution is 7.91. The molecule has 3 N–H and O–H groups in total. The van der Waals surface area contributed by atoms with Crippen LogP contribution >= 0.6 is 0 Å². The van der Waals surface area contributed by atoms with Crippen LogP contribution in [-0.4, -0.2) is 32.4 Å². The predicted octanol–water partition coefficient (Wildman–Crippen LogP) is 0.769. The van der Waals surface area contributed by atoms with Crippen molar-refractivity contribution in [2.75, 3.05) is 18.6 Å². The lowest BCUT2D eigenvalue weighted by Crippen LogP contribution is -2.09. The molecule has 0 aromatic heterocycles. The van der Waals surface area contributed by atoms with Gasteiger partial charge in [-0.05, 0) is 12.1 Å². The zero-order valence-electron chi connectivity index (χ0n) is 9.43. The summed E-state index contributed by atoms with van der Waals surface area (Å²) in [5.41, 5.74) is 5.29. The summed E-state index contributed by atoms with van der Waals surface area (Å²) in [4.78, 5) is 10.9. The summed E-state index contributed by atoms with van der Waals surface area (Å²) in [6, 6.07) is 2.25. The standard InChI is InChI=1S/C10H13NO5S/c1-3-17(14,15)6-4-7(10(12)13)9(16-2)8(11)5-6/h4-5H,3,11H2,1-2H3,(H,12,13). The second-order valence-corrected chi connectivity index (χ2v) is 5.58. The molecule has 0 aliphatic carbocycles. The topological polar surface area (TPSA) is 107 Å². The van der Waals surface area contributed by atoms with Crippen molar-refractivity contribution in [3.05, 3.63) is 17.7 Å². The zero-order valence-corrected chi connectivity index (χ0v) is 10.2. The lowest BCUT2D eigenvalue weighted by Gasteiger charge is -2.10. The monoisotopic (exact) mass is 259 g/mol. The van der Waals surface area contributed by atoms with Crippen molar-refractivity contribution in [1.29, 1.82) is 0 Å². The first kappa shape index (κ1) is 13.3. The maximum atomic E-state index is 11.6. The number of carbonyl (C=O) groups is 1. The molecule has 0 radical (unpaired) electrons. The van der Waals surface area contributed by atoms with Crippen LogP contribution in [0.15, 0.2) is 17.0 Å². The van der Waals surface area contributed by atoms with Crippen molar-refractivity contribution in [3.63, 3.8) is 0 Å². The minimum absolute atomic E-state index is 0.0144. The molecule has 7 heteroatoms. The number of rotatable bonds is 4. The molecule has 0 bridgehead atoms. The van der Waals surface area contributed by atoms with Crippen LogP contribution in [0.1, 0.15) is 17.3 Å². The van der Waals surface area contributed by atoms with E-state index in [4.69, 9.17) is 15.6 Å². The lowest BCUT2D eigenvalue weighted by atomic mass is 10.2. The summed E-state index contributed by atoms with van der Waals surface area (Å²) in [6.45, 7) is 1.47. The molecule has 0 atom stereocenters. The van der Waals surface area contributed by atoms with Crippen LogP contribution in [0.3, 0.4) is 0 Å². The molecule has 0 heterocycles. The summed E-state index contributed by atoms with van der Waals surface area (Å²) in [5.74, 6) is -1.45. The fraction of sp³-hybridized carbons (Fsp3) is 0.300. The van der Waals surface area contributed by atoms with Crippen LogP contribution in [-0.2, 0) is 9.84 Å². The molecule has 17 heavy (non-hydrogen) atoms. The van der Waals surface area contributed by atoms with E-state index in [0.29, 0.717) is 0 Å². The third kappa shape index (κ3) is 2.50. The van der Waals surface area contributed by atoms with Gasteiger partial charge in [0.25, 0.3) is 0 Å². The average molecular weight is 259 g/mol. The Morgan fingerprint density at radius 2 is 2.06 bits per heavy atom. The molecule has 0 aliphatic heterocycles. The summed E-state index contributed by atoms with van der Waals surface area (Å²) in [5, 5.41) is 8.95. The molecule has 1 rings (SSSR count). The Balaban J connectivity index is 3.56. The molecular weight excluding hydrogens is 246 g/mol. The number of hydrogen-bond donors (Lipinski definition) is 2. The Kier molecular flexibility index (Phi) is 3.62. The fourth-order valence-electron chi connectivity index (χ4n) is 1.36. The molecule has 1 aromatic rings. The third-order valence-electron chi connectivity index (χ3n) is 2.26. The van der Waals surface area contributed by atoms with E-state index in [1.165, 1.54) is 20.1 Å². The molecule has 0 fully saturated rings. The van der Waals surface area contributed by atoms with Gasteiger partial charge in [-0.15, -0.1) is 0 Å². The number of nitrogens with two attached hydrogens (primary N) is 1. The van der Waals surface area contributed by atoms with E-state index >= 15 is 0 Å². The fourth-order valence-corrected chi connectivity index (χ4v) is 2.29. The maximum absolute atomic E-state index is 11.6. The number of carboxylic acids is 1. The van der Waals surface area contributed by atoms with Crippen LogP contribution < -0.4 is 10.5 Å². The summed E-state index contributed by atoms with van der Waals surface area (Å²) >= 11 is 0. The van der Waals surface area contributed by atoms with Crippen LogP contribution in [0, 0.1) is 0 Å². The van der Waals surface area contributed by atoms with Crippen molar-refractivity contribution < 1.29 is 23.1 Å². The molecular formula is C10H13NO5S. The highest BCUT2D eigenvalue weighted by atomic mass is 32.2. The van der Waals surface area contributed by atoms with Gasteiger partial charge >= 0.3 is 5.97 Å². The van der Waals surface area contributed by atoms with Crippen LogP contribution in [0.5, 0.6) is 5.75 Å². The van der Waals surface area contributed by atoms with Crippen molar-refractivity contribution in [2.45, 2.75) is 11.8 Å². The quantitative estimate of drug-likeness (QED) is 0.773. The number of benzene rings is 1. The summed E-state index contributed by atoms with van der Waals surface area (Å²) in [7, 11) is -2.23. The van der Waals surface area contributed by atoms with Gasteiger partial charge in [-0.25, -0.2) is 13.2 Å². The van der Waals surface area contributed by atoms with Crippen LogP contribution in [0.25, 0.3) is 0 Å². The molecule has 0 spiro atoms. The molecule has 0 saturated heterocycles. The Morgan fingerprint density at radius 1 is 1.47 bits per heavy atom. The molecule has 1 aromatic carbocycles. The number of aromatic carboxylic acids is 1. The molecule has 0 amide bonds. The predicted molar refractivity (Wildman–Crippen MR) is 62.1 cm³/mol. The Labute approximate surface area is 98.9 Å². The molecule has 0 saturated carbocycles. The molecule has 0 unspecified atom stereocenters. The van der Waals surface area contributed by atoms with Gasteiger partial charge in [0.1, 0.15) is 5.56 Å².